The first-order valence-electron chi connectivity index (χ1n) is 11.1. The topological polar surface area (TPSA) is 46.9 Å². The molecule has 26 heavy (non-hydrogen) atoms. The Hall–Kier alpha value is -1.32. The van der Waals surface area contributed by atoms with Gasteiger partial charge in [-0.1, -0.05) is 38.5 Å². The Morgan fingerprint density at radius 1 is 0.962 bits per heavy atom. The molecule has 4 rings (SSSR count). The van der Waals surface area contributed by atoms with Gasteiger partial charge in [0.2, 0.25) is 0 Å². The predicted octanol–water partition coefficient (Wildman–Crippen LogP) is 4.97. The number of nitrogens with zero attached hydrogens (tertiary/aromatic N) is 2. The standard InChI is InChI=1S/C22H35N3O/c1-16(17-10-4-2-5-11-17)23-22(26)21-19-14-8-9-15-20(19)25(24-21)18-12-6-3-7-13-18/h16-18H,2-15H2,1H3,(H,23,26). The number of carbonyl (C=O) groups excluding carboxylic acids is 1. The zero-order valence-electron chi connectivity index (χ0n) is 16.4. The van der Waals surface area contributed by atoms with Gasteiger partial charge in [0.15, 0.2) is 5.69 Å². The van der Waals surface area contributed by atoms with Crippen molar-refractivity contribution in [3.63, 3.8) is 0 Å². The molecule has 3 aliphatic rings. The van der Waals surface area contributed by atoms with Crippen LogP contribution in [-0.2, 0) is 12.8 Å². The molecule has 0 spiro atoms. The lowest BCUT2D eigenvalue weighted by Crippen LogP contribution is -2.39. The normalized spacial score (nSPS) is 23.4. The van der Waals surface area contributed by atoms with Crippen molar-refractivity contribution in [2.24, 2.45) is 5.92 Å². The molecule has 0 bridgehead atoms. The lowest BCUT2D eigenvalue weighted by molar-refractivity contribution is 0.0912. The van der Waals surface area contributed by atoms with Gasteiger partial charge < -0.3 is 5.32 Å². The van der Waals surface area contributed by atoms with Crippen LogP contribution in [0.5, 0.6) is 0 Å². The third-order valence-corrected chi connectivity index (χ3v) is 7.06. The van der Waals surface area contributed by atoms with Gasteiger partial charge in [0, 0.05) is 17.3 Å². The molecule has 0 radical (unpaired) electrons. The Morgan fingerprint density at radius 3 is 2.35 bits per heavy atom. The quantitative estimate of drug-likeness (QED) is 0.827. The number of fused-ring (bicyclic) bond motifs is 1. The van der Waals surface area contributed by atoms with Crippen molar-refractivity contribution in [3.8, 4) is 0 Å². The fourth-order valence-corrected chi connectivity index (χ4v) is 5.46. The summed E-state index contributed by atoms with van der Waals surface area (Å²) in [5.74, 6) is 0.722. The second-order valence-electron chi connectivity index (χ2n) is 8.88. The zero-order chi connectivity index (χ0) is 17.9. The van der Waals surface area contributed by atoms with Crippen LogP contribution in [0.1, 0.15) is 112 Å². The van der Waals surface area contributed by atoms with E-state index in [0.29, 0.717) is 12.0 Å². The van der Waals surface area contributed by atoms with Crippen molar-refractivity contribution < 1.29 is 4.79 Å². The minimum atomic E-state index is 0.0794. The van der Waals surface area contributed by atoms with Crippen molar-refractivity contribution in [3.05, 3.63) is 17.0 Å². The maximum atomic E-state index is 13.1. The summed E-state index contributed by atoms with van der Waals surface area (Å²) in [4.78, 5) is 13.1. The van der Waals surface area contributed by atoms with Crippen molar-refractivity contribution in [1.29, 1.82) is 0 Å². The van der Waals surface area contributed by atoms with Crippen molar-refractivity contribution in [2.45, 2.75) is 109 Å². The first kappa shape index (κ1) is 18.1. The van der Waals surface area contributed by atoms with E-state index in [1.54, 1.807) is 0 Å². The largest absolute Gasteiger partial charge is 0.348 e. The second kappa shape index (κ2) is 8.14. The molecule has 3 aliphatic carbocycles. The molecule has 2 saturated carbocycles. The van der Waals surface area contributed by atoms with E-state index in [2.05, 4.69) is 16.9 Å². The molecule has 1 unspecified atom stereocenters. The Balaban J connectivity index is 1.53. The predicted molar refractivity (Wildman–Crippen MR) is 104 cm³/mol. The van der Waals surface area contributed by atoms with E-state index in [9.17, 15) is 4.79 Å². The maximum absolute atomic E-state index is 13.1. The fraction of sp³-hybridized carbons (Fsp3) is 0.818. The van der Waals surface area contributed by atoms with Crippen molar-refractivity contribution in [2.75, 3.05) is 0 Å². The molecule has 1 atom stereocenters. The Morgan fingerprint density at radius 2 is 1.62 bits per heavy atom. The average molecular weight is 358 g/mol. The van der Waals surface area contributed by atoms with Gasteiger partial charge in [0.1, 0.15) is 0 Å². The molecule has 1 aromatic rings. The van der Waals surface area contributed by atoms with Gasteiger partial charge in [0.05, 0.1) is 6.04 Å². The monoisotopic (exact) mass is 357 g/mol. The van der Waals surface area contributed by atoms with E-state index in [-0.39, 0.29) is 11.9 Å². The van der Waals surface area contributed by atoms with Crippen LogP contribution in [0.15, 0.2) is 0 Å². The summed E-state index contributed by atoms with van der Waals surface area (Å²) in [5.41, 5.74) is 3.38. The van der Waals surface area contributed by atoms with E-state index < -0.39 is 0 Å². The summed E-state index contributed by atoms with van der Waals surface area (Å²) in [7, 11) is 0. The second-order valence-corrected chi connectivity index (χ2v) is 8.88. The van der Waals surface area contributed by atoms with Gasteiger partial charge in [-0.25, -0.2) is 0 Å². The summed E-state index contributed by atoms with van der Waals surface area (Å²) in [6.07, 6.45) is 17.5. The zero-order valence-corrected chi connectivity index (χ0v) is 16.4. The first-order chi connectivity index (χ1) is 12.7. The van der Waals surface area contributed by atoms with E-state index in [0.717, 1.165) is 18.5 Å². The summed E-state index contributed by atoms with van der Waals surface area (Å²) in [5, 5.41) is 8.24. The van der Waals surface area contributed by atoms with Crippen molar-refractivity contribution >= 4 is 5.91 Å². The van der Waals surface area contributed by atoms with Crippen LogP contribution in [0.25, 0.3) is 0 Å². The Kier molecular flexibility index (Phi) is 5.66. The van der Waals surface area contributed by atoms with Gasteiger partial charge in [-0.2, -0.15) is 5.10 Å². The van der Waals surface area contributed by atoms with E-state index in [1.807, 2.05) is 0 Å². The van der Waals surface area contributed by atoms with Gasteiger partial charge in [-0.15, -0.1) is 0 Å². The molecule has 144 valence electrons. The van der Waals surface area contributed by atoms with Gasteiger partial charge in [0.25, 0.3) is 5.91 Å². The van der Waals surface area contributed by atoms with Crippen LogP contribution in [0, 0.1) is 5.92 Å². The first-order valence-corrected chi connectivity index (χ1v) is 11.1. The van der Waals surface area contributed by atoms with Crippen LogP contribution in [-0.4, -0.2) is 21.7 Å². The number of amides is 1. The number of rotatable bonds is 4. The van der Waals surface area contributed by atoms with E-state index in [4.69, 9.17) is 5.10 Å². The number of nitrogens with one attached hydrogen (secondary N) is 1. The minimum Gasteiger partial charge on any atom is -0.348 e. The van der Waals surface area contributed by atoms with Crippen LogP contribution < -0.4 is 5.32 Å². The lowest BCUT2D eigenvalue weighted by Gasteiger charge is -2.28. The maximum Gasteiger partial charge on any atom is 0.272 e. The third kappa shape index (κ3) is 3.70. The molecule has 1 N–H and O–H groups in total. The molecule has 1 heterocycles. The molecule has 0 aliphatic heterocycles. The summed E-state index contributed by atoms with van der Waals surface area (Å²) in [6, 6.07) is 0.787. The number of hydrogen-bond donors (Lipinski definition) is 1. The Labute approximate surface area is 158 Å². The molecule has 0 aromatic carbocycles. The van der Waals surface area contributed by atoms with E-state index >= 15 is 0 Å². The van der Waals surface area contributed by atoms with E-state index in [1.165, 1.54) is 88.3 Å². The number of aromatic nitrogens is 2. The molecule has 4 heteroatoms. The summed E-state index contributed by atoms with van der Waals surface area (Å²) in [6.45, 7) is 2.19. The summed E-state index contributed by atoms with van der Waals surface area (Å²) < 4.78 is 2.27. The van der Waals surface area contributed by atoms with Gasteiger partial charge in [-0.05, 0) is 64.2 Å². The van der Waals surface area contributed by atoms with Crippen LogP contribution >= 0.6 is 0 Å². The molecular weight excluding hydrogens is 322 g/mol. The van der Waals surface area contributed by atoms with Crippen LogP contribution in [0.4, 0.5) is 0 Å². The average Bonchev–Trinajstić information content (AvgIpc) is 3.09. The van der Waals surface area contributed by atoms with Crippen LogP contribution in [0.2, 0.25) is 0 Å². The highest BCUT2D eigenvalue weighted by molar-refractivity contribution is 5.94. The molecule has 4 nitrogen and oxygen atoms in total. The molecule has 2 fully saturated rings. The SMILES string of the molecule is CC(NC(=O)c1nn(C2CCCCC2)c2c1CCCC2)C1CCCCC1. The highest BCUT2D eigenvalue weighted by Gasteiger charge is 2.30. The highest BCUT2D eigenvalue weighted by atomic mass is 16.2. The number of carbonyl (C=O) groups is 1. The smallest absolute Gasteiger partial charge is 0.272 e. The Bertz CT molecular complexity index is 624. The molecule has 1 amide bonds. The molecule has 0 saturated heterocycles. The number of hydrogen-bond acceptors (Lipinski definition) is 2. The lowest BCUT2D eigenvalue weighted by atomic mass is 9.84. The summed E-state index contributed by atoms with van der Waals surface area (Å²) >= 11 is 0. The fourth-order valence-electron chi connectivity index (χ4n) is 5.46. The van der Waals surface area contributed by atoms with Gasteiger partial charge >= 0.3 is 0 Å². The molecule has 1 aromatic heterocycles. The molecular formula is C22H35N3O. The highest BCUT2D eigenvalue weighted by Crippen LogP contribution is 2.33. The van der Waals surface area contributed by atoms with Crippen LogP contribution in [0.3, 0.4) is 0 Å². The minimum absolute atomic E-state index is 0.0794. The third-order valence-electron chi connectivity index (χ3n) is 7.06. The van der Waals surface area contributed by atoms with Crippen molar-refractivity contribution in [1.82, 2.24) is 15.1 Å². The van der Waals surface area contributed by atoms with Gasteiger partial charge in [-0.3, -0.25) is 9.48 Å².